The summed E-state index contributed by atoms with van der Waals surface area (Å²) in [5, 5.41) is 2.10. The molecule has 59 valence electrons. The number of alkyl halides is 2. The first-order chi connectivity index (χ1) is 4.66. The van der Waals surface area contributed by atoms with Gasteiger partial charge in [0.05, 0.1) is 0 Å². The molecule has 0 saturated carbocycles. The summed E-state index contributed by atoms with van der Waals surface area (Å²) < 4.78 is 22.9. The summed E-state index contributed by atoms with van der Waals surface area (Å²) in [4.78, 5) is 10.4. The lowest BCUT2D eigenvalue weighted by Crippen LogP contribution is -2.14. The van der Waals surface area contributed by atoms with Crippen molar-refractivity contribution >= 4 is 5.91 Å². The molecule has 0 aliphatic carbocycles. The minimum absolute atomic E-state index is 0.133. The number of halogens is 2. The molecule has 0 spiro atoms. The minimum atomic E-state index is -2.31. The van der Waals surface area contributed by atoms with E-state index in [1.807, 2.05) is 0 Å². The SMILES string of the molecule is [CH2]NC(=O)CCCC(F)F. The van der Waals surface area contributed by atoms with Crippen LogP contribution in [-0.2, 0) is 4.79 Å². The average Bonchev–Trinajstić information content (AvgIpc) is 1.87. The Hall–Kier alpha value is -0.670. The van der Waals surface area contributed by atoms with Crippen LogP contribution in [0, 0.1) is 7.05 Å². The largest absolute Gasteiger partial charge is 0.354 e. The fourth-order valence-corrected chi connectivity index (χ4v) is 0.505. The maximum Gasteiger partial charge on any atom is 0.238 e. The van der Waals surface area contributed by atoms with Crippen LogP contribution in [0.15, 0.2) is 0 Å². The van der Waals surface area contributed by atoms with Crippen LogP contribution >= 0.6 is 0 Å². The van der Waals surface area contributed by atoms with Gasteiger partial charge in [0, 0.05) is 19.9 Å². The standard InChI is InChI=1S/C6H10F2NO/c1-9-6(10)4-2-3-5(7)8/h5H,1-4H2,(H,9,10). The molecule has 0 aliphatic rings. The molecule has 4 heteroatoms. The highest BCUT2D eigenvalue weighted by atomic mass is 19.3. The van der Waals surface area contributed by atoms with Gasteiger partial charge in [-0.3, -0.25) is 4.79 Å². The normalized spacial score (nSPS) is 10.0. The number of hydrogen-bond donors (Lipinski definition) is 1. The molecule has 0 rings (SSSR count). The minimum Gasteiger partial charge on any atom is -0.354 e. The van der Waals surface area contributed by atoms with E-state index in [9.17, 15) is 13.6 Å². The lowest BCUT2D eigenvalue weighted by Gasteiger charge is -1.97. The van der Waals surface area contributed by atoms with Gasteiger partial charge in [-0.15, -0.1) is 0 Å². The Bertz CT molecular complexity index is 106. The zero-order valence-corrected chi connectivity index (χ0v) is 5.57. The van der Waals surface area contributed by atoms with Crippen molar-refractivity contribution in [3.05, 3.63) is 7.05 Å². The summed E-state index contributed by atoms with van der Waals surface area (Å²) in [6.07, 6.45) is -2.17. The molecule has 1 radical (unpaired) electrons. The third kappa shape index (κ3) is 5.47. The van der Waals surface area contributed by atoms with Crippen molar-refractivity contribution in [1.82, 2.24) is 5.32 Å². The summed E-state index contributed by atoms with van der Waals surface area (Å²) >= 11 is 0. The number of nitrogens with one attached hydrogen (secondary N) is 1. The Kier molecular flexibility index (Phi) is 4.80. The predicted octanol–water partition coefficient (Wildman–Crippen LogP) is 1.33. The number of carbonyl (C=O) groups is 1. The van der Waals surface area contributed by atoms with E-state index in [1.165, 1.54) is 0 Å². The molecular formula is C6H10F2NO. The smallest absolute Gasteiger partial charge is 0.238 e. The summed E-state index contributed by atoms with van der Waals surface area (Å²) in [6, 6.07) is 0. The molecule has 0 aliphatic heterocycles. The molecule has 2 nitrogen and oxygen atoms in total. The van der Waals surface area contributed by atoms with Crippen molar-refractivity contribution in [1.29, 1.82) is 0 Å². The maximum absolute atomic E-state index is 11.4. The Labute approximate surface area is 58.6 Å². The molecule has 0 heterocycles. The second-order valence-corrected chi connectivity index (χ2v) is 1.88. The fraction of sp³-hybridized carbons (Fsp3) is 0.667. The zero-order valence-electron chi connectivity index (χ0n) is 5.57. The van der Waals surface area contributed by atoms with Crippen LogP contribution in [0.4, 0.5) is 8.78 Å². The van der Waals surface area contributed by atoms with Crippen LogP contribution in [0.5, 0.6) is 0 Å². The Morgan fingerprint density at radius 3 is 2.60 bits per heavy atom. The maximum atomic E-state index is 11.4. The van der Waals surface area contributed by atoms with E-state index in [0.717, 1.165) is 0 Å². The summed E-state index contributed by atoms with van der Waals surface area (Å²) in [5.74, 6) is -0.291. The monoisotopic (exact) mass is 150 g/mol. The van der Waals surface area contributed by atoms with Gasteiger partial charge in [-0.25, -0.2) is 8.78 Å². The van der Waals surface area contributed by atoms with E-state index < -0.39 is 6.43 Å². The van der Waals surface area contributed by atoms with Crippen LogP contribution in [0.2, 0.25) is 0 Å². The summed E-state index contributed by atoms with van der Waals surface area (Å²) in [5.41, 5.74) is 0. The topological polar surface area (TPSA) is 29.1 Å². The number of amides is 1. The molecule has 1 N–H and O–H groups in total. The predicted molar refractivity (Wildman–Crippen MR) is 33.4 cm³/mol. The van der Waals surface area contributed by atoms with Gasteiger partial charge in [-0.2, -0.15) is 0 Å². The van der Waals surface area contributed by atoms with Crippen molar-refractivity contribution in [3.8, 4) is 0 Å². The summed E-state index contributed by atoms with van der Waals surface area (Å²) in [7, 11) is 3.10. The van der Waals surface area contributed by atoms with Gasteiger partial charge in [-0.05, 0) is 6.42 Å². The van der Waals surface area contributed by atoms with Gasteiger partial charge in [-0.1, -0.05) is 0 Å². The molecule has 0 fully saturated rings. The van der Waals surface area contributed by atoms with E-state index in [4.69, 9.17) is 0 Å². The molecule has 10 heavy (non-hydrogen) atoms. The molecule has 1 amide bonds. The average molecular weight is 150 g/mol. The molecule has 0 aromatic rings. The molecule has 0 atom stereocenters. The van der Waals surface area contributed by atoms with Gasteiger partial charge in [0.1, 0.15) is 0 Å². The lowest BCUT2D eigenvalue weighted by atomic mass is 10.2. The molecule has 0 bridgehead atoms. The molecule has 0 unspecified atom stereocenters. The second-order valence-electron chi connectivity index (χ2n) is 1.88. The van der Waals surface area contributed by atoms with Crippen molar-refractivity contribution in [2.45, 2.75) is 25.7 Å². The van der Waals surface area contributed by atoms with E-state index >= 15 is 0 Å². The molecule has 0 aromatic carbocycles. The molecule has 0 saturated heterocycles. The Morgan fingerprint density at radius 2 is 2.20 bits per heavy atom. The van der Waals surface area contributed by atoms with E-state index in [1.54, 1.807) is 0 Å². The van der Waals surface area contributed by atoms with Crippen molar-refractivity contribution < 1.29 is 13.6 Å². The van der Waals surface area contributed by atoms with Gasteiger partial charge < -0.3 is 5.32 Å². The lowest BCUT2D eigenvalue weighted by molar-refractivity contribution is -0.120. The van der Waals surface area contributed by atoms with Crippen molar-refractivity contribution in [2.75, 3.05) is 0 Å². The van der Waals surface area contributed by atoms with E-state index in [-0.39, 0.29) is 25.2 Å². The number of hydrogen-bond acceptors (Lipinski definition) is 1. The first-order valence-electron chi connectivity index (χ1n) is 3.01. The van der Waals surface area contributed by atoms with E-state index in [2.05, 4.69) is 12.4 Å². The Balaban J connectivity index is 3.12. The van der Waals surface area contributed by atoms with Crippen LogP contribution in [0.3, 0.4) is 0 Å². The van der Waals surface area contributed by atoms with Crippen LogP contribution < -0.4 is 5.32 Å². The third-order valence-corrected chi connectivity index (χ3v) is 1.02. The van der Waals surface area contributed by atoms with Crippen molar-refractivity contribution in [3.63, 3.8) is 0 Å². The summed E-state index contributed by atoms with van der Waals surface area (Å²) in [6.45, 7) is 0. The van der Waals surface area contributed by atoms with Gasteiger partial charge in [0.15, 0.2) is 0 Å². The quantitative estimate of drug-likeness (QED) is 0.643. The highest BCUT2D eigenvalue weighted by molar-refractivity contribution is 5.75. The first-order valence-corrected chi connectivity index (χ1v) is 3.01. The number of carbonyl (C=O) groups excluding carboxylic acids is 1. The van der Waals surface area contributed by atoms with Crippen molar-refractivity contribution in [2.24, 2.45) is 0 Å². The molecular weight excluding hydrogens is 140 g/mol. The van der Waals surface area contributed by atoms with E-state index in [0.29, 0.717) is 0 Å². The second kappa shape index (κ2) is 5.14. The fourth-order valence-electron chi connectivity index (χ4n) is 0.505. The van der Waals surface area contributed by atoms with Crippen LogP contribution in [-0.4, -0.2) is 12.3 Å². The third-order valence-electron chi connectivity index (χ3n) is 1.02. The van der Waals surface area contributed by atoms with Crippen LogP contribution in [0.25, 0.3) is 0 Å². The Morgan fingerprint density at radius 1 is 1.60 bits per heavy atom. The highest BCUT2D eigenvalue weighted by Gasteiger charge is 2.03. The number of rotatable bonds is 4. The highest BCUT2D eigenvalue weighted by Crippen LogP contribution is 2.04. The zero-order chi connectivity index (χ0) is 7.98. The van der Waals surface area contributed by atoms with Gasteiger partial charge >= 0.3 is 0 Å². The van der Waals surface area contributed by atoms with Crippen LogP contribution in [0.1, 0.15) is 19.3 Å². The first kappa shape index (κ1) is 9.33. The van der Waals surface area contributed by atoms with Gasteiger partial charge in [0.25, 0.3) is 0 Å². The van der Waals surface area contributed by atoms with Gasteiger partial charge in [0.2, 0.25) is 12.3 Å². The molecule has 0 aromatic heterocycles.